The highest BCUT2D eigenvalue weighted by atomic mass is 16.3. The second kappa shape index (κ2) is 8.05. The maximum atomic E-state index is 11.2. The van der Waals surface area contributed by atoms with Crippen molar-refractivity contribution in [3.8, 4) is 22.6 Å². The van der Waals surface area contributed by atoms with E-state index < -0.39 is 0 Å². The molecule has 2 heterocycles. The second-order valence-electron chi connectivity index (χ2n) is 8.50. The molecule has 0 fully saturated rings. The van der Waals surface area contributed by atoms with Gasteiger partial charge in [0, 0.05) is 58.4 Å². The number of rotatable bonds is 7. The summed E-state index contributed by atoms with van der Waals surface area (Å²) in [7, 11) is 8.16. The maximum Gasteiger partial charge on any atom is 0.133 e. The van der Waals surface area contributed by atoms with Crippen molar-refractivity contribution in [1.82, 2.24) is 19.8 Å². The van der Waals surface area contributed by atoms with Gasteiger partial charge in [0.15, 0.2) is 0 Å². The number of aromatic nitrogens is 2. The van der Waals surface area contributed by atoms with E-state index in [0.29, 0.717) is 11.1 Å². The highest BCUT2D eigenvalue weighted by molar-refractivity contribution is 6.01. The number of phenolic OH excluding ortho intramolecular Hbond substituents is 2. The summed E-state index contributed by atoms with van der Waals surface area (Å²) in [6.45, 7) is 1.79. The summed E-state index contributed by atoms with van der Waals surface area (Å²) >= 11 is 0. The molecule has 0 aliphatic rings. The van der Waals surface area contributed by atoms with Crippen molar-refractivity contribution < 1.29 is 10.2 Å². The van der Waals surface area contributed by atoms with Gasteiger partial charge in [0.2, 0.25) is 0 Å². The van der Waals surface area contributed by atoms with Gasteiger partial charge in [0.25, 0.3) is 0 Å². The lowest BCUT2D eigenvalue weighted by molar-refractivity contribution is 0.414. The molecule has 4 N–H and O–H groups in total. The Kier molecular flexibility index (Phi) is 5.45. The Labute approximate surface area is 176 Å². The first-order valence-corrected chi connectivity index (χ1v) is 10.3. The number of nitrogens with one attached hydrogen (secondary N) is 2. The van der Waals surface area contributed by atoms with E-state index in [-0.39, 0.29) is 11.5 Å². The highest BCUT2D eigenvalue weighted by Gasteiger charge is 2.19. The van der Waals surface area contributed by atoms with Crippen LogP contribution in [-0.4, -0.2) is 71.3 Å². The molecule has 6 heteroatoms. The summed E-state index contributed by atoms with van der Waals surface area (Å²) in [5, 5.41) is 24.0. The standard InChI is InChI=1S/C24H30N4O2/c1-27(2)11-9-15-13-25-19-7-5-17(23(29)21(15)19)18-6-8-20-22(24(18)30)16(14-26-20)10-12-28(3)4/h5-8,13-14,25-26,29-30H,9-12H2,1-4H3. The van der Waals surface area contributed by atoms with E-state index in [2.05, 4.69) is 19.8 Å². The third-order valence-corrected chi connectivity index (χ3v) is 5.75. The molecule has 0 unspecified atom stereocenters. The number of aromatic amines is 2. The van der Waals surface area contributed by atoms with Gasteiger partial charge in [-0.25, -0.2) is 0 Å². The van der Waals surface area contributed by atoms with Gasteiger partial charge in [-0.15, -0.1) is 0 Å². The summed E-state index contributed by atoms with van der Waals surface area (Å²) in [6, 6.07) is 7.68. The van der Waals surface area contributed by atoms with Crippen LogP contribution in [0, 0.1) is 0 Å². The molecule has 0 spiro atoms. The van der Waals surface area contributed by atoms with Gasteiger partial charge < -0.3 is 30.0 Å². The Morgan fingerprint density at radius 3 is 1.43 bits per heavy atom. The molecule has 0 saturated heterocycles. The van der Waals surface area contributed by atoms with Gasteiger partial charge in [-0.3, -0.25) is 0 Å². The molecule has 0 aliphatic heterocycles. The molecule has 2 aromatic carbocycles. The molecule has 0 radical (unpaired) electrons. The Hall–Kier alpha value is -2.96. The van der Waals surface area contributed by atoms with Crippen LogP contribution in [0.5, 0.6) is 11.5 Å². The SMILES string of the molecule is CN(C)CCc1c[nH]c2ccc(-c3ccc4[nH]cc(CCN(C)C)c4c3O)c(O)c12. The van der Waals surface area contributed by atoms with E-state index in [1.807, 2.05) is 64.8 Å². The lowest BCUT2D eigenvalue weighted by Gasteiger charge is -2.13. The minimum atomic E-state index is 0.211. The predicted molar refractivity (Wildman–Crippen MR) is 123 cm³/mol. The first kappa shape index (κ1) is 20.3. The molecule has 0 atom stereocenters. The second-order valence-corrected chi connectivity index (χ2v) is 8.50. The van der Waals surface area contributed by atoms with Crippen LogP contribution in [0.3, 0.4) is 0 Å². The van der Waals surface area contributed by atoms with Gasteiger partial charge >= 0.3 is 0 Å². The fraction of sp³-hybridized carbons (Fsp3) is 0.333. The average molecular weight is 407 g/mol. The highest BCUT2D eigenvalue weighted by Crippen LogP contribution is 2.44. The van der Waals surface area contributed by atoms with E-state index in [0.717, 1.165) is 58.9 Å². The van der Waals surface area contributed by atoms with Crippen LogP contribution in [0.15, 0.2) is 36.7 Å². The van der Waals surface area contributed by atoms with Crippen molar-refractivity contribution >= 4 is 21.8 Å². The van der Waals surface area contributed by atoms with E-state index in [9.17, 15) is 10.2 Å². The first-order chi connectivity index (χ1) is 14.4. The van der Waals surface area contributed by atoms with Gasteiger partial charge in [0.1, 0.15) is 11.5 Å². The lowest BCUT2D eigenvalue weighted by Crippen LogP contribution is -2.14. The van der Waals surface area contributed by atoms with Crippen LogP contribution in [0.2, 0.25) is 0 Å². The Balaban J connectivity index is 1.81. The van der Waals surface area contributed by atoms with Crippen molar-refractivity contribution in [2.75, 3.05) is 41.3 Å². The summed E-state index contributed by atoms with van der Waals surface area (Å²) < 4.78 is 0. The monoisotopic (exact) mass is 406 g/mol. The minimum Gasteiger partial charge on any atom is -0.507 e. The molecule has 4 rings (SSSR count). The smallest absolute Gasteiger partial charge is 0.133 e. The van der Waals surface area contributed by atoms with Gasteiger partial charge in [-0.1, -0.05) is 0 Å². The molecule has 2 aromatic heterocycles. The quantitative estimate of drug-likeness (QED) is 0.375. The van der Waals surface area contributed by atoms with E-state index >= 15 is 0 Å². The van der Waals surface area contributed by atoms with Gasteiger partial charge in [-0.05, 0) is 76.4 Å². The molecule has 0 aliphatic carbocycles. The van der Waals surface area contributed by atoms with Crippen molar-refractivity contribution in [1.29, 1.82) is 0 Å². The van der Waals surface area contributed by atoms with E-state index in [1.165, 1.54) is 0 Å². The average Bonchev–Trinajstić information content (AvgIpc) is 3.30. The maximum absolute atomic E-state index is 11.2. The number of hydrogen-bond acceptors (Lipinski definition) is 4. The van der Waals surface area contributed by atoms with Crippen molar-refractivity contribution in [2.45, 2.75) is 12.8 Å². The predicted octanol–water partition coefficient (Wildman–Crippen LogP) is 3.94. The van der Waals surface area contributed by atoms with Crippen molar-refractivity contribution in [2.24, 2.45) is 0 Å². The lowest BCUT2D eigenvalue weighted by atomic mass is 9.96. The van der Waals surface area contributed by atoms with Crippen LogP contribution in [0.4, 0.5) is 0 Å². The summed E-state index contributed by atoms with van der Waals surface area (Å²) in [4.78, 5) is 10.8. The normalized spacial score (nSPS) is 12.1. The van der Waals surface area contributed by atoms with Gasteiger partial charge in [0.05, 0.1) is 0 Å². The third-order valence-electron chi connectivity index (χ3n) is 5.75. The summed E-state index contributed by atoms with van der Waals surface area (Å²) in [5.41, 5.74) is 5.25. The number of hydrogen-bond donors (Lipinski definition) is 4. The van der Waals surface area contributed by atoms with E-state index in [4.69, 9.17) is 0 Å². The number of H-pyrrole nitrogens is 2. The zero-order valence-corrected chi connectivity index (χ0v) is 18.1. The van der Waals surface area contributed by atoms with Crippen LogP contribution in [-0.2, 0) is 12.8 Å². The van der Waals surface area contributed by atoms with Crippen molar-refractivity contribution in [3.63, 3.8) is 0 Å². The molecule has 0 bridgehead atoms. The number of nitrogens with zero attached hydrogens (tertiary/aromatic N) is 2. The zero-order chi connectivity index (χ0) is 21.4. The zero-order valence-electron chi connectivity index (χ0n) is 18.1. The fourth-order valence-electron chi connectivity index (χ4n) is 4.06. The molecular weight excluding hydrogens is 376 g/mol. The molecule has 0 amide bonds. The van der Waals surface area contributed by atoms with Crippen molar-refractivity contribution in [3.05, 3.63) is 47.8 Å². The van der Waals surface area contributed by atoms with Gasteiger partial charge in [-0.2, -0.15) is 0 Å². The first-order valence-electron chi connectivity index (χ1n) is 10.3. The van der Waals surface area contributed by atoms with Crippen LogP contribution in [0.1, 0.15) is 11.1 Å². The number of benzene rings is 2. The molecule has 0 saturated carbocycles. The summed E-state index contributed by atoms with van der Waals surface area (Å²) in [6.07, 6.45) is 5.60. The fourth-order valence-corrected chi connectivity index (χ4v) is 4.06. The van der Waals surface area contributed by atoms with Crippen LogP contribution >= 0.6 is 0 Å². The number of aromatic hydroxyl groups is 2. The molecule has 6 nitrogen and oxygen atoms in total. The minimum absolute atomic E-state index is 0.211. The Morgan fingerprint density at radius 2 is 1.07 bits per heavy atom. The molecule has 158 valence electrons. The Morgan fingerprint density at radius 1 is 0.667 bits per heavy atom. The van der Waals surface area contributed by atoms with Crippen LogP contribution in [0.25, 0.3) is 32.9 Å². The number of likely N-dealkylation sites (N-methyl/N-ethyl adjacent to an activating group) is 2. The van der Waals surface area contributed by atoms with E-state index in [1.54, 1.807) is 0 Å². The Bertz CT molecular complexity index is 1090. The number of fused-ring (bicyclic) bond motifs is 2. The summed E-state index contributed by atoms with van der Waals surface area (Å²) in [5.74, 6) is 0.421. The molecule has 4 aromatic rings. The van der Waals surface area contributed by atoms with Crippen LogP contribution < -0.4 is 0 Å². The number of phenols is 2. The molecular formula is C24H30N4O2. The topological polar surface area (TPSA) is 78.5 Å². The molecule has 30 heavy (non-hydrogen) atoms. The largest absolute Gasteiger partial charge is 0.507 e. The third kappa shape index (κ3) is 3.64.